The molecule has 3 N–H and O–H groups in total. The second-order valence-corrected chi connectivity index (χ2v) is 1.67. The second-order valence-electron chi connectivity index (χ2n) is 0.444. The largest absolute Gasteiger partial charge is 0.483 e. The van der Waals surface area contributed by atoms with Crippen LogP contribution in [0.3, 0.4) is 0 Å². The molecular formula is C2H5NO2S2. The lowest BCUT2D eigenvalue weighted by Gasteiger charge is -1.64. The van der Waals surface area contributed by atoms with Gasteiger partial charge in [-0.2, -0.15) is 0 Å². The summed E-state index contributed by atoms with van der Waals surface area (Å²) in [5.74, 6) is 0. The van der Waals surface area contributed by atoms with Crippen LogP contribution in [0.25, 0.3) is 0 Å². The molecule has 0 unspecified atom stereocenters. The fraction of sp³-hybridized carbons (Fsp3) is 0. The topological polar surface area (TPSA) is 63.3 Å². The zero-order valence-electron chi connectivity index (χ0n) is 3.37. The van der Waals surface area contributed by atoms with Crippen molar-refractivity contribution in [3.8, 4) is 0 Å². The third kappa shape index (κ3) is 935. The van der Waals surface area contributed by atoms with Crippen LogP contribution in [0.5, 0.6) is 0 Å². The summed E-state index contributed by atoms with van der Waals surface area (Å²) < 4.78 is 0.194. The molecule has 7 heavy (non-hydrogen) atoms. The van der Waals surface area contributed by atoms with E-state index in [1.807, 2.05) is 0 Å². The Morgan fingerprint density at radius 3 is 2.00 bits per heavy atom. The minimum atomic E-state index is -0.250. The molecule has 0 aliphatic carbocycles. The average Bonchev–Trinajstić information content (AvgIpc) is 1.33. The number of rotatable bonds is 0. The van der Waals surface area contributed by atoms with Crippen molar-refractivity contribution in [3.63, 3.8) is 0 Å². The molecule has 0 heterocycles. The third-order valence-corrected chi connectivity index (χ3v) is 0. The van der Waals surface area contributed by atoms with Crippen molar-refractivity contribution in [1.82, 2.24) is 0 Å². The van der Waals surface area contributed by atoms with Crippen molar-refractivity contribution in [1.29, 1.82) is 0 Å². The van der Waals surface area contributed by atoms with Crippen molar-refractivity contribution in [3.05, 3.63) is 0 Å². The van der Waals surface area contributed by atoms with Gasteiger partial charge >= 0.3 is 0 Å². The van der Waals surface area contributed by atoms with Crippen LogP contribution in [0.4, 0.5) is 0 Å². The van der Waals surface area contributed by atoms with E-state index in [1.54, 1.807) is 0 Å². The number of hydrogen-bond donors (Lipinski definition) is 3. The van der Waals surface area contributed by atoms with Gasteiger partial charge in [0.2, 0.25) is 0 Å². The van der Waals surface area contributed by atoms with E-state index in [2.05, 4.69) is 24.8 Å². The zero-order chi connectivity index (χ0) is 6.28. The molecule has 5 heteroatoms. The molecule has 3 nitrogen and oxygen atoms in total. The molecule has 0 aromatic carbocycles. The molecule has 0 amide bonds. The molecule has 0 aromatic heterocycles. The monoisotopic (exact) mass is 139 g/mol. The molecule has 0 rings (SSSR count). The van der Waals surface area contributed by atoms with E-state index < -0.39 is 0 Å². The summed E-state index contributed by atoms with van der Waals surface area (Å²) in [5, 5.41) is 6.89. The molecule has 0 fully saturated rings. The van der Waals surface area contributed by atoms with E-state index in [9.17, 15) is 0 Å². The Hall–Kier alpha value is -0.290. The van der Waals surface area contributed by atoms with E-state index in [0.29, 0.717) is 0 Å². The first-order valence-corrected chi connectivity index (χ1v) is 2.07. The first-order valence-electron chi connectivity index (χ1n) is 1.21. The SMILES string of the molecule is NC(=S)S.O=CO. The number of hydrogen-bond acceptors (Lipinski definition) is 2. The van der Waals surface area contributed by atoms with Crippen molar-refractivity contribution >= 4 is 35.6 Å². The van der Waals surface area contributed by atoms with E-state index in [4.69, 9.17) is 15.6 Å². The molecule has 0 aliphatic heterocycles. The molecular weight excluding hydrogens is 134 g/mol. The van der Waals surface area contributed by atoms with Gasteiger partial charge in [0.15, 0.2) is 0 Å². The van der Waals surface area contributed by atoms with Crippen molar-refractivity contribution in [2.24, 2.45) is 5.73 Å². The molecule has 0 aromatic rings. The van der Waals surface area contributed by atoms with Gasteiger partial charge in [-0.25, -0.2) is 0 Å². The maximum Gasteiger partial charge on any atom is 0.290 e. The van der Waals surface area contributed by atoms with Crippen LogP contribution in [0.1, 0.15) is 0 Å². The van der Waals surface area contributed by atoms with E-state index in [0.717, 1.165) is 0 Å². The van der Waals surface area contributed by atoms with E-state index >= 15 is 0 Å². The minimum Gasteiger partial charge on any atom is -0.483 e. The van der Waals surface area contributed by atoms with Crippen LogP contribution in [0.2, 0.25) is 0 Å². The molecule has 42 valence electrons. The lowest BCUT2D eigenvalue weighted by Crippen LogP contribution is -1.94. The van der Waals surface area contributed by atoms with Crippen LogP contribution < -0.4 is 5.73 Å². The third-order valence-electron chi connectivity index (χ3n) is 0. The van der Waals surface area contributed by atoms with Crippen LogP contribution in [0, 0.1) is 0 Å². The second kappa shape index (κ2) is 9.20. The van der Waals surface area contributed by atoms with Gasteiger partial charge in [-0.15, -0.1) is 12.6 Å². The Bertz CT molecular complexity index is 60.7. The highest BCUT2D eigenvalue weighted by Gasteiger charge is 1.55. The maximum atomic E-state index is 8.36. The molecule has 0 bridgehead atoms. The summed E-state index contributed by atoms with van der Waals surface area (Å²) >= 11 is 7.65. The Balaban J connectivity index is 0. The summed E-state index contributed by atoms with van der Waals surface area (Å²) in [6, 6.07) is 0. The van der Waals surface area contributed by atoms with Crippen molar-refractivity contribution in [2.45, 2.75) is 0 Å². The molecule has 0 atom stereocenters. The average molecular weight is 139 g/mol. The van der Waals surface area contributed by atoms with Crippen LogP contribution in [-0.4, -0.2) is 15.9 Å². The first-order chi connectivity index (χ1) is 3.15. The quantitative estimate of drug-likeness (QED) is 0.248. The lowest BCUT2D eigenvalue weighted by atomic mass is 11.5. The highest BCUT2D eigenvalue weighted by molar-refractivity contribution is 8.10. The van der Waals surface area contributed by atoms with Gasteiger partial charge in [0, 0.05) is 0 Å². The maximum absolute atomic E-state index is 8.36. The van der Waals surface area contributed by atoms with Crippen LogP contribution in [0.15, 0.2) is 0 Å². The minimum absolute atomic E-state index is 0.194. The summed E-state index contributed by atoms with van der Waals surface area (Å²) in [7, 11) is 0. The molecule has 0 saturated heterocycles. The van der Waals surface area contributed by atoms with Crippen LogP contribution in [-0.2, 0) is 4.79 Å². The van der Waals surface area contributed by atoms with Crippen molar-refractivity contribution in [2.75, 3.05) is 0 Å². The summed E-state index contributed by atoms with van der Waals surface area (Å²) in [5.41, 5.74) is 4.71. The van der Waals surface area contributed by atoms with Crippen molar-refractivity contribution < 1.29 is 9.90 Å². The Labute approximate surface area is 51.9 Å². The van der Waals surface area contributed by atoms with Gasteiger partial charge in [0.25, 0.3) is 6.47 Å². The molecule has 0 radical (unpaired) electrons. The number of carbonyl (C=O) groups is 1. The Kier molecular flexibility index (Phi) is 13.0. The summed E-state index contributed by atoms with van der Waals surface area (Å²) in [6.07, 6.45) is 0. The van der Waals surface area contributed by atoms with E-state index in [1.165, 1.54) is 0 Å². The normalized spacial score (nSPS) is 5.29. The Morgan fingerprint density at radius 1 is 2.00 bits per heavy atom. The standard InChI is InChI=1S/CH3NS2.CH2O2/c2-1(3)4;2-1-3/h(H3,2,3,4);1H,(H,2,3). The lowest BCUT2D eigenvalue weighted by molar-refractivity contribution is -0.122. The predicted octanol–water partition coefficient (Wildman–Crippen LogP) is -0.139. The fourth-order valence-corrected chi connectivity index (χ4v) is 0. The summed E-state index contributed by atoms with van der Waals surface area (Å²) in [6.45, 7) is -0.250. The fourth-order valence-electron chi connectivity index (χ4n) is 0. The van der Waals surface area contributed by atoms with E-state index in [-0.39, 0.29) is 10.8 Å². The zero-order valence-corrected chi connectivity index (χ0v) is 5.08. The van der Waals surface area contributed by atoms with Gasteiger partial charge < -0.3 is 10.8 Å². The van der Waals surface area contributed by atoms with Crippen LogP contribution >= 0.6 is 24.8 Å². The Morgan fingerprint density at radius 2 is 2.00 bits per heavy atom. The smallest absolute Gasteiger partial charge is 0.290 e. The first kappa shape index (κ1) is 9.86. The van der Waals surface area contributed by atoms with Gasteiger partial charge in [0.1, 0.15) is 4.32 Å². The summed E-state index contributed by atoms with van der Waals surface area (Å²) in [4.78, 5) is 8.36. The molecule has 0 aliphatic rings. The highest BCUT2D eigenvalue weighted by Crippen LogP contribution is 1.63. The van der Waals surface area contributed by atoms with Gasteiger partial charge in [-0.05, 0) is 0 Å². The predicted molar refractivity (Wildman–Crippen MR) is 34.5 cm³/mol. The highest BCUT2D eigenvalue weighted by atomic mass is 32.1. The number of nitrogens with two attached hydrogens (primary N) is 1. The number of thiocarbonyl (C=S) groups is 1. The number of carboxylic acid groups (broad SMARTS) is 1. The van der Waals surface area contributed by atoms with Gasteiger partial charge in [-0.1, -0.05) is 12.2 Å². The molecule has 0 saturated carbocycles. The van der Waals surface area contributed by atoms with Gasteiger partial charge in [-0.3, -0.25) is 4.79 Å². The number of thiol groups is 1. The van der Waals surface area contributed by atoms with Gasteiger partial charge in [0.05, 0.1) is 0 Å². The molecule has 0 spiro atoms.